The normalized spacial score (nSPS) is 18.3. The van der Waals surface area contributed by atoms with Gasteiger partial charge in [0.2, 0.25) is 11.8 Å². The summed E-state index contributed by atoms with van der Waals surface area (Å²) in [5.74, 6) is -1.19. The van der Waals surface area contributed by atoms with Crippen molar-refractivity contribution >= 4 is 34.8 Å². The van der Waals surface area contributed by atoms with Crippen LogP contribution in [0.4, 0.5) is 11.4 Å². The number of rotatable bonds is 4. The third kappa shape index (κ3) is 3.55. The molecule has 24 heavy (non-hydrogen) atoms. The van der Waals surface area contributed by atoms with Gasteiger partial charge in [-0.05, 0) is 36.8 Å². The summed E-state index contributed by atoms with van der Waals surface area (Å²) in [6.45, 7) is 0. The molecule has 120 valence electrons. The molecule has 2 unspecified atom stereocenters. The molecule has 0 saturated heterocycles. The van der Waals surface area contributed by atoms with Crippen molar-refractivity contribution in [2.24, 2.45) is 11.8 Å². The molecule has 2 N–H and O–H groups in total. The number of hydrogen-bond donors (Lipinski definition) is 2. The lowest BCUT2D eigenvalue weighted by Crippen LogP contribution is -2.20. The zero-order valence-electron chi connectivity index (χ0n) is 12.6. The van der Waals surface area contributed by atoms with Gasteiger partial charge >= 0.3 is 0 Å². The molecule has 0 bridgehead atoms. The zero-order chi connectivity index (χ0) is 17.1. The number of hydrogen-bond acceptors (Lipinski definition) is 3. The van der Waals surface area contributed by atoms with Crippen LogP contribution in [0.15, 0.2) is 48.5 Å². The van der Waals surface area contributed by atoms with Crippen LogP contribution in [-0.4, -0.2) is 11.8 Å². The lowest BCUT2D eigenvalue weighted by atomic mass is 10.2. The van der Waals surface area contributed by atoms with E-state index in [9.17, 15) is 9.59 Å². The van der Waals surface area contributed by atoms with Crippen LogP contribution >= 0.6 is 11.6 Å². The first-order chi connectivity index (χ1) is 11.6. The average molecular weight is 340 g/mol. The maximum atomic E-state index is 12.2. The molecule has 2 aromatic rings. The lowest BCUT2D eigenvalue weighted by molar-refractivity contribution is -0.122. The number of carbonyl (C=O) groups is 2. The van der Waals surface area contributed by atoms with Crippen LogP contribution in [-0.2, 0) is 9.59 Å². The van der Waals surface area contributed by atoms with Gasteiger partial charge in [0, 0.05) is 10.7 Å². The maximum Gasteiger partial charge on any atom is 0.228 e. The Kier molecular flexibility index (Phi) is 4.50. The van der Waals surface area contributed by atoms with Crippen molar-refractivity contribution in [3.8, 4) is 6.07 Å². The molecule has 2 amide bonds. The van der Waals surface area contributed by atoms with Gasteiger partial charge in [-0.2, -0.15) is 5.26 Å². The van der Waals surface area contributed by atoms with Crippen LogP contribution in [0, 0.1) is 23.2 Å². The summed E-state index contributed by atoms with van der Waals surface area (Å²) in [5.41, 5.74) is 1.46. The molecule has 1 fully saturated rings. The fourth-order valence-electron chi connectivity index (χ4n) is 2.49. The Morgan fingerprint density at radius 3 is 2.46 bits per heavy atom. The minimum atomic E-state index is -0.379. The molecule has 0 aromatic heterocycles. The summed E-state index contributed by atoms with van der Waals surface area (Å²) in [6, 6.07) is 15.7. The largest absolute Gasteiger partial charge is 0.326 e. The summed E-state index contributed by atoms with van der Waals surface area (Å²) >= 11 is 5.88. The van der Waals surface area contributed by atoms with Crippen LogP contribution in [0.1, 0.15) is 12.0 Å². The predicted octanol–water partition coefficient (Wildman–Crippen LogP) is 3.42. The third-order valence-corrected chi connectivity index (χ3v) is 4.10. The molecule has 0 heterocycles. The first kappa shape index (κ1) is 16.0. The Morgan fingerprint density at radius 2 is 1.75 bits per heavy atom. The van der Waals surface area contributed by atoms with E-state index in [1.165, 1.54) is 0 Å². The number of nitrogens with zero attached hydrogens (tertiary/aromatic N) is 1. The Bertz CT molecular complexity index is 844. The second-order valence-electron chi connectivity index (χ2n) is 5.59. The number of para-hydroxylation sites is 1. The van der Waals surface area contributed by atoms with Crippen molar-refractivity contribution in [1.29, 1.82) is 5.26 Å². The number of carbonyl (C=O) groups excluding carboxylic acids is 2. The van der Waals surface area contributed by atoms with Crippen LogP contribution in [0.2, 0.25) is 5.02 Å². The second-order valence-corrected chi connectivity index (χ2v) is 6.03. The van der Waals surface area contributed by atoms with E-state index in [2.05, 4.69) is 10.6 Å². The highest BCUT2D eigenvalue weighted by Crippen LogP contribution is 2.40. The highest BCUT2D eigenvalue weighted by Gasteiger charge is 2.48. The Labute approximate surface area is 144 Å². The smallest absolute Gasteiger partial charge is 0.228 e. The fourth-order valence-corrected chi connectivity index (χ4v) is 2.68. The van der Waals surface area contributed by atoms with Crippen molar-refractivity contribution in [2.45, 2.75) is 6.42 Å². The molecule has 2 atom stereocenters. The standard InChI is InChI=1S/C18H14ClN3O2/c19-12-5-3-6-13(8-12)21-17(23)14-9-15(14)18(24)22-16-7-2-1-4-11(16)10-20/h1-8,14-15H,9H2,(H,21,23)(H,22,24). The zero-order valence-corrected chi connectivity index (χ0v) is 13.4. The topological polar surface area (TPSA) is 82.0 Å². The van der Waals surface area contributed by atoms with E-state index in [0.29, 0.717) is 28.4 Å². The molecular formula is C18H14ClN3O2. The van der Waals surface area contributed by atoms with Crippen LogP contribution in [0.25, 0.3) is 0 Å². The number of benzene rings is 2. The van der Waals surface area contributed by atoms with Crippen molar-refractivity contribution < 1.29 is 9.59 Å². The number of nitrogens with one attached hydrogen (secondary N) is 2. The van der Waals surface area contributed by atoms with E-state index in [0.717, 1.165) is 0 Å². The maximum absolute atomic E-state index is 12.2. The predicted molar refractivity (Wildman–Crippen MR) is 91.5 cm³/mol. The van der Waals surface area contributed by atoms with E-state index >= 15 is 0 Å². The fraction of sp³-hybridized carbons (Fsp3) is 0.167. The number of anilines is 2. The van der Waals surface area contributed by atoms with Crippen LogP contribution in [0.5, 0.6) is 0 Å². The van der Waals surface area contributed by atoms with E-state index < -0.39 is 0 Å². The minimum Gasteiger partial charge on any atom is -0.326 e. The molecule has 5 nitrogen and oxygen atoms in total. The van der Waals surface area contributed by atoms with Gasteiger partial charge in [0.15, 0.2) is 0 Å². The molecule has 1 saturated carbocycles. The summed E-state index contributed by atoms with van der Waals surface area (Å²) in [4.78, 5) is 24.4. The molecule has 1 aliphatic rings. The number of amides is 2. The quantitative estimate of drug-likeness (QED) is 0.895. The van der Waals surface area contributed by atoms with Crippen molar-refractivity contribution in [1.82, 2.24) is 0 Å². The van der Waals surface area contributed by atoms with Crippen LogP contribution in [0.3, 0.4) is 0 Å². The molecular weight excluding hydrogens is 326 g/mol. The van der Waals surface area contributed by atoms with Gasteiger partial charge in [0.1, 0.15) is 6.07 Å². The average Bonchev–Trinajstić information content (AvgIpc) is 3.36. The monoisotopic (exact) mass is 339 g/mol. The SMILES string of the molecule is N#Cc1ccccc1NC(=O)C1CC1C(=O)Nc1cccc(Cl)c1. The molecule has 6 heteroatoms. The first-order valence-corrected chi connectivity index (χ1v) is 7.82. The lowest BCUT2D eigenvalue weighted by Gasteiger charge is -2.07. The summed E-state index contributed by atoms with van der Waals surface area (Å²) in [6.07, 6.45) is 0.493. The molecule has 3 rings (SSSR count). The second kappa shape index (κ2) is 6.73. The molecule has 1 aliphatic carbocycles. The van der Waals surface area contributed by atoms with Gasteiger partial charge in [-0.1, -0.05) is 29.8 Å². The van der Waals surface area contributed by atoms with Gasteiger partial charge in [-0.25, -0.2) is 0 Å². The van der Waals surface area contributed by atoms with E-state index in [-0.39, 0.29) is 23.7 Å². The first-order valence-electron chi connectivity index (χ1n) is 7.45. The number of nitriles is 1. The van der Waals surface area contributed by atoms with E-state index in [1.807, 2.05) is 6.07 Å². The van der Waals surface area contributed by atoms with Crippen molar-refractivity contribution in [2.75, 3.05) is 10.6 Å². The van der Waals surface area contributed by atoms with Gasteiger partial charge < -0.3 is 10.6 Å². The molecule has 0 spiro atoms. The summed E-state index contributed by atoms with van der Waals surface area (Å²) < 4.78 is 0. The van der Waals surface area contributed by atoms with Crippen molar-refractivity contribution in [3.63, 3.8) is 0 Å². The molecule has 0 radical (unpaired) electrons. The van der Waals surface area contributed by atoms with Gasteiger partial charge in [0.25, 0.3) is 0 Å². The van der Waals surface area contributed by atoms with Gasteiger partial charge in [-0.3, -0.25) is 9.59 Å². The minimum absolute atomic E-state index is 0.203. The summed E-state index contributed by atoms with van der Waals surface area (Å²) in [7, 11) is 0. The number of halogens is 1. The Balaban J connectivity index is 1.59. The highest BCUT2D eigenvalue weighted by atomic mass is 35.5. The Morgan fingerprint density at radius 1 is 1.04 bits per heavy atom. The highest BCUT2D eigenvalue weighted by molar-refractivity contribution is 6.30. The van der Waals surface area contributed by atoms with Gasteiger partial charge in [0.05, 0.1) is 23.1 Å². The van der Waals surface area contributed by atoms with E-state index in [4.69, 9.17) is 16.9 Å². The Hall–Kier alpha value is -2.84. The molecule has 2 aromatic carbocycles. The van der Waals surface area contributed by atoms with Crippen LogP contribution < -0.4 is 10.6 Å². The third-order valence-electron chi connectivity index (χ3n) is 3.86. The van der Waals surface area contributed by atoms with E-state index in [1.54, 1.807) is 48.5 Å². The van der Waals surface area contributed by atoms with Crippen molar-refractivity contribution in [3.05, 3.63) is 59.1 Å². The van der Waals surface area contributed by atoms with Gasteiger partial charge in [-0.15, -0.1) is 0 Å². The summed E-state index contributed by atoms with van der Waals surface area (Å²) in [5, 5.41) is 15.0. The molecule has 0 aliphatic heterocycles.